The average molecular weight is 156 g/mol. The zero-order chi connectivity index (χ0) is 8.32. The molecule has 60 valence electrons. The van der Waals surface area contributed by atoms with Crippen LogP contribution in [0.2, 0.25) is 0 Å². The van der Waals surface area contributed by atoms with Gasteiger partial charge >= 0.3 is 0 Å². The molecule has 0 spiro atoms. The van der Waals surface area contributed by atoms with Crippen molar-refractivity contribution in [3.8, 4) is 0 Å². The Morgan fingerprint density at radius 3 is 3.00 bits per heavy atom. The number of aldehydes is 1. The third kappa shape index (κ3) is 1.44. The highest BCUT2D eigenvalue weighted by Gasteiger charge is 2.34. The summed E-state index contributed by atoms with van der Waals surface area (Å²) in [6, 6.07) is 0. The molecule has 1 aliphatic rings. The molecule has 11 heavy (non-hydrogen) atoms. The van der Waals surface area contributed by atoms with E-state index >= 15 is 0 Å². The summed E-state index contributed by atoms with van der Waals surface area (Å²) in [5, 5.41) is 9.33. The first-order valence-corrected chi connectivity index (χ1v) is 3.09. The Bertz CT molecular complexity index is 214. The molecule has 0 fully saturated rings. The molecule has 0 saturated carbocycles. The molecule has 0 aromatic heterocycles. The first-order chi connectivity index (χ1) is 5.19. The summed E-state index contributed by atoms with van der Waals surface area (Å²) in [5.74, 6) is -0.525. The van der Waals surface area contributed by atoms with E-state index in [0.29, 0.717) is 6.29 Å². The van der Waals surface area contributed by atoms with E-state index in [4.69, 9.17) is 0 Å². The van der Waals surface area contributed by atoms with E-state index < -0.39 is 11.5 Å². The predicted molar refractivity (Wildman–Crippen MR) is 36.0 cm³/mol. The van der Waals surface area contributed by atoms with Crippen molar-refractivity contribution in [3.63, 3.8) is 0 Å². The molecule has 3 N–H and O–H groups in total. The zero-order valence-electron chi connectivity index (χ0n) is 5.70. The van der Waals surface area contributed by atoms with Gasteiger partial charge in [-0.1, -0.05) is 0 Å². The second-order valence-corrected chi connectivity index (χ2v) is 2.20. The first-order valence-electron chi connectivity index (χ1n) is 3.09. The molecule has 0 radical (unpaired) electrons. The van der Waals surface area contributed by atoms with E-state index in [0.717, 1.165) is 0 Å². The fourth-order valence-corrected chi connectivity index (χ4v) is 0.750. The van der Waals surface area contributed by atoms with E-state index in [2.05, 4.69) is 10.9 Å². The van der Waals surface area contributed by atoms with Gasteiger partial charge in [-0.2, -0.15) is 5.43 Å². The Hall–Kier alpha value is -1.20. The van der Waals surface area contributed by atoms with Gasteiger partial charge in [-0.25, -0.2) is 0 Å². The van der Waals surface area contributed by atoms with Gasteiger partial charge in [0.25, 0.3) is 0 Å². The summed E-state index contributed by atoms with van der Waals surface area (Å²) >= 11 is 0. The number of carbonyl (C=O) groups excluding carboxylic acids is 2. The summed E-state index contributed by atoms with van der Waals surface area (Å²) < 4.78 is 0. The summed E-state index contributed by atoms with van der Waals surface area (Å²) in [6.07, 6.45) is 2.73. The third-order valence-electron chi connectivity index (χ3n) is 1.38. The van der Waals surface area contributed by atoms with Crippen LogP contribution in [-0.2, 0) is 9.59 Å². The molecule has 5 heteroatoms. The Labute approximate surface area is 63.1 Å². The van der Waals surface area contributed by atoms with Gasteiger partial charge in [0.05, 0.1) is 6.42 Å². The van der Waals surface area contributed by atoms with Crippen molar-refractivity contribution >= 4 is 12.1 Å². The van der Waals surface area contributed by atoms with Gasteiger partial charge in [0, 0.05) is 12.3 Å². The van der Waals surface area contributed by atoms with Gasteiger partial charge in [-0.3, -0.25) is 4.79 Å². The van der Waals surface area contributed by atoms with Gasteiger partial charge in [0.15, 0.2) is 0 Å². The molecule has 5 nitrogen and oxygen atoms in total. The van der Waals surface area contributed by atoms with Crippen LogP contribution in [0.1, 0.15) is 6.42 Å². The van der Waals surface area contributed by atoms with Gasteiger partial charge in [-0.15, -0.1) is 0 Å². The molecule has 1 aliphatic heterocycles. The molecule has 0 amide bonds. The van der Waals surface area contributed by atoms with Crippen LogP contribution in [0.5, 0.6) is 0 Å². The quantitative estimate of drug-likeness (QED) is 0.422. The van der Waals surface area contributed by atoms with Crippen molar-refractivity contribution in [1.29, 1.82) is 0 Å². The lowest BCUT2D eigenvalue weighted by Gasteiger charge is -2.26. The molecule has 0 aliphatic carbocycles. The van der Waals surface area contributed by atoms with Gasteiger partial charge in [0.2, 0.25) is 11.5 Å². The van der Waals surface area contributed by atoms with Crippen molar-refractivity contribution in [3.05, 3.63) is 12.3 Å². The zero-order valence-corrected chi connectivity index (χ0v) is 5.70. The highest BCUT2D eigenvalue weighted by Crippen LogP contribution is 2.07. The SMILES string of the molecule is O=CCC1(O)NNC=CC1=O. The average Bonchev–Trinajstić information content (AvgIpc) is 1.96. The van der Waals surface area contributed by atoms with Crippen LogP contribution >= 0.6 is 0 Å². The summed E-state index contributed by atoms with van der Waals surface area (Å²) in [7, 11) is 0. The fraction of sp³-hybridized carbons (Fsp3) is 0.333. The summed E-state index contributed by atoms with van der Waals surface area (Å²) in [6.45, 7) is 0. The van der Waals surface area contributed by atoms with Crippen LogP contribution in [0.3, 0.4) is 0 Å². The van der Waals surface area contributed by atoms with E-state index in [1.54, 1.807) is 0 Å². The molecule has 1 unspecified atom stereocenters. The molecular formula is C6H8N2O3. The number of aliphatic hydroxyl groups is 1. The standard InChI is InChI=1S/C6H8N2O3/c9-4-2-6(11)5(10)1-3-7-8-6/h1,3-4,7-8,11H,2H2. The smallest absolute Gasteiger partial charge is 0.205 e. The predicted octanol–water partition coefficient (Wildman–Crippen LogP) is -1.55. The lowest BCUT2D eigenvalue weighted by molar-refractivity contribution is -0.141. The van der Waals surface area contributed by atoms with Crippen molar-refractivity contribution in [1.82, 2.24) is 10.9 Å². The maximum atomic E-state index is 10.9. The van der Waals surface area contributed by atoms with Crippen molar-refractivity contribution < 1.29 is 14.7 Å². The first kappa shape index (κ1) is 7.90. The molecule has 0 bridgehead atoms. The van der Waals surface area contributed by atoms with E-state index in [-0.39, 0.29) is 6.42 Å². The largest absolute Gasteiger partial charge is 0.367 e. The molecule has 0 saturated heterocycles. The Balaban J connectivity index is 2.76. The summed E-state index contributed by atoms with van der Waals surface area (Å²) in [4.78, 5) is 20.9. The number of nitrogens with one attached hydrogen (secondary N) is 2. The third-order valence-corrected chi connectivity index (χ3v) is 1.38. The second kappa shape index (κ2) is 2.81. The fourth-order valence-electron chi connectivity index (χ4n) is 0.750. The number of hydrogen-bond acceptors (Lipinski definition) is 5. The normalized spacial score (nSPS) is 29.7. The Morgan fingerprint density at radius 1 is 1.73 bits per heavy atom. The maximum Gasteiger partial charge on any atom is 0.205 e. The lowest BCUT2D eigenvalue weighted by atomic mass is 10.1. The number of hydrazine groups is 1. The minimum Gasteiger partial charge on any atom is -0.367 e. The van der Waals surface area contributed by atoms with E-state index in [1.807, 2.05) is 0 Å². The van der Waals surface area contributed by atoms with Crippen molar-refractivity contribution in [2.45, 2.75) is 12.1 Å². The molecule has 0 aromatic carbocycles. The van der Waals surface area contributed by atoms with Crippen LogP contribution in [-0.4, -0.2) is 22.9 Å². The number of hydrogen-bond donors (Lipinski definition) is 3. The van der Waals surface area contributed by atoms with E-state index in [9.17, 15) is 14.7 Å². The maximum absolute atomic E-state index is 10.9. The monoisotopic (exact) mass is 156 g/mol. The highest BCUT2D eigenvalue weighted by atomic mass is 16.3. The lowest BCUT2D eigenvalue weighted by Crippen LogP contribution is -2.58. The summed E-state index contributed by atoms with van der Waals surface area (Å²) in [5.41, 5.74) is 2.95. The highest BCUT2D eigenvalue weighted by molar-refractivity contribution is 5.98. The van der Waals surface area contributed by atoms with Gasteiger partial charge in [0.1, 0.15) is 6.29 Å². The van der Waals surface area contributed by atoms with Crippen LogP contribution in [0, 0.1) is 0 Å². The molecule has 1 rings (SSSR count). The molecule has 1 atom stereocenters. The van der Waals surface area contributed by atoms with Crippen LogP contribution in [0.15, 0.2) is 12.3 Å². The van der Waals surface area contributed by atoms with Gasteiger partial charge < -0.3 is 15.3 Å². The minimum absolute atomic E-state index is 0.261. The minimum atomic E-state index is -1.77. The van der Waals surface area contributed by atoms with Gasteiger partial charge in [-0.05, 0) is 0 Å². The Morgan fingerprint density at radius 2 is 2.45 bits per heavy atom. The topological polar surface area (TPSA) is 78.4 Å². The second-order valence-electron chi connectivity index (χ2n) is 2.20. The van der Waals surface area contributed by atoms with Crippen molar-refractivity contribution in [2.24, 2.45) is 0 Å². The van der Waals surface area contributed by atoms with E-state index in [1.165, 1.54) is 12.3 Å². The molecular weight excluding hydrogens is 148 g/mol. The van der Waals surface area contributed by atoms with Crippen molar-refractivity contribution in [2.75, 3.05) is 0 Å². The van der Waals surface area contributed by atoms with Crippen LogP contribution < -0.4 is 10.9 Å². The Kier molecular flexibility index (Phi) is 2.02. The molecule has 0 aromatic rings. The number of ketones is 1. The molecule has 1 heterocycles. The number of carbonyl (C=O) groups is 2. The van der Waals surface area contributed by atoms with Crippen LogP contribution in [0.25, 0.3) is 0 Å². The number of rotatable bonds is 2. The van der Waals surface area contributed by atoms with Crippen LogP contribution in [0.4, 0.5) is 0 Å².